The molecule has 2 aliphatic carbocycles. The van der Waals surface area contributed by atoms with Gasteiger partial charge in [-0.3, -0.25) is 4.79 Å². The Morgan fingerprint density at radius 1 is 1.20 bits per heavy atom. The van der Waals surface area contributed by atoms with Gasteiger partial charge in [0.1, 0.15) is 21.5 Å². The second kappa shape index (κ2) is 7.46. The maximum Gasteiger partial charge on any atom is 0.247 e. The van der Waals surface area contributed by atoms with Crippen LogP contribution in [-0.4, -0.2) is 22.0 Å². The van der Waals surface area contributed by atoms with Gasteiger partial charge in [-0.25, -0.2) is 13.8 Å². The van der Waals surface area contributed by atoms with E-state index in [0.717, 1.165) is 49.4 Å². The first kappa shape index (κ1) is 19.7. The first-order valence-corrected chi connectivity index (χ1v) is 11.2. The average molecular weight is 428 g/mol. The Labute approximate surface area is 178 Å². The Hall–Kier alpha value is -2.25. The van der Waals surface area contributed by atoms with Crippen molar-refractivity contribution < 1.29 is 13.6 Å². The summed E-state index contributed by atoms with van der Waals surface area (Å²) in [5.74, 6) is -1.33. The number of fused-ring (bicyclic) bond motifs is 2. The van der Waals surface area contributed by atoms with Crippen molar-refractivity contribution >= 4 is 22.7 Å². The van der Waals surface area contributed by atoms with Crippen molar-refractivity contribution in [2.75, 3.05) is 0 Å². The van der Waals surface area contributed by atoms with Gasteiger partial charge in [0, 0.05) is 17.5 Å². The number of rotatable bonds is 2. The second-order valence-electron chi connectivity index (χ2n) is 8.35. The minimum Gasteiger partial charge on any atom is -0.328 e. The summed E-state index contributed by atoms with van der Waals surface area (Å²) in [5, 5.41) is 6.54. The van der Waals surface area contributed by atoms with Crippen molar-refractivity contribution in [1.82, 2.24) is 5.01 Å². The largest absolute Gasteiger partial charge is 0.328 e. The van der Waals surface area contributed by atoms with Crippen LogP contribution in [0, 0.1) is 17.6 Å². The molecule has 1 aliphatic heterocycles. The van der Waals surface area contributed by atoms with Crippen LogP contribution in [0.1, 0.15) is 48.8 Å². The third-order valence-electron chi connectivity index (χ3n) is 6.39. The van der Waals surface area contributed by atoms with Crippen LogP contribution in [0.4, 0.5) is 8.78 Å². The zero-order chi connectivity index (χ0) is 20.9. The fourth-order valence-electron chi connectivity index (χ4n) is 4.90. The lowest BCUT2D eigenvalue weighted by atomic mass is 9.86. The number of nitrogens with zero attached hydrogens (tertiary/aromatic N) is 2. The number of carbonyl (C=O) groups is 1. The van der Waals surface area contributed by atoms with E-state index in [1.54, 1.807) is 5.01 Å². The molecule has 1 spiro atoms. The summed E-state index contributed by atoms with van der Waals surface area (Å²) >= 11 is 1.37. The van der Waals surface area contributed by atoms with Crippen LogP contribution in [0.3, 0.4) is 0 Å². The zero-order valence-corrected chi connectivity index (χ0v) is 17.3. The topological polar surface area (TPSA) is 58.7 Å². The molecule has 7 heteroatoms. The number of carbonyl (C=O) groups excluding carboxylic acids is 1. The van der Waals surface area contributed by atoms with E-state index in [1.807, 2.05) is 18.2 Å². The number of hydrogen-bond acceptors (Lipinski definition) is 4. The van der Waals surface area contributed by atoms with Crippen LogP contribution in [0.25, 0.3) is 0 Å². The number of halogens is 2. The Morgan fingerprint density at radius 2 is 2.03 bits per heavy atom. The SMILES string of the molecule is N[C@@H]1CC[C@@H](C(=O)N2N=C(c3cc(F)ccc3F)SC23CCCc2ccccc23)C1. The lowest BCUT2D eigenvalue weighted by Gasteiger charge is -2.40. The van der Waals surface area contributed by atoms with Crippen molar-refractivity contribution in [1.29, 1.82) is 0 Å². The average Bonchev–Trinajstić information content (AvgIpc) is 3.34. The van der Waals surface area contributed by atoms with Gasteiger partial charge in [-0.15, -0.1) is 0 Å². The first-order chi connectivity index (χ1) is 14.5. The minimum absolute atomic E-state index is 0.0212. The van der Waals surface area contributed by atoms with Crippen molar-refractivity contribution in [2.24, 2.45) is 16.8 Å². The quantitative estimate of drug-likeness (QED) is 0.767. The molecular formula is C23H23F2N3OS. The molecule has 30 heavy (non-hydrogen) atoms. The van der Waals surface area contributed by atoms with E-state index in [-0.39, 0.29) is 23.4 Å². The molecule has 0 aromatic heterocycles. The van der Waals surface area contributed by atoms with Gasteiger partial charge in [-0.1, -0.05) is 36.0 Å². The summed E-state index contributed by atoms with van der Waals surface area (Å²) in [6.45, 7) is 0. The van der Waals surface area contributed by atoms with Gasteiger partial charge in [0.05, 0.1) is 0 Å². The smallest absolute Gasteiger partial charge is 0.247 e. The summed E-state index contributed by atoms with van der Waals surface area (Å²) in [6.07, 6.45) is 4.72. The van der Waals surface area contributed by atoms with E-state index in [1.165, 1.54) is 17.3 Å². The maximum absolute atomic E-state index is 14.6. The lowest BCUT2D eigenvalue weighted by molar-refractivity contribution is -0.139. The molecule has 156 valence electrons. The summed E-state index contributed by atoms with van der Waals surface area (Å²) < 4.78 is 28.5. The maximum atomic E-state index is 14.6. The third-order valence-corrected chi connectivity index (χ3v) is 7.82. The van der Waals surface area contributed by atoms with Crippen molar-refractivity contribution in [3.05, 3.63) is 70.8 Å². The molecule has 1 amide bonds. The molecule has 3 aliphatic rings. The van der Waals surface area contributed by atoms with Crippen molar-refractivity contribution in [3.63, 3.8) is 0 Å². The molecule has 1 saturated carbocycles. The molecule has 4 nitrogen and oxygen atoms in total. The predicted molar refractivity (Wildman–Crippen MR) is 114 cm³/mol. The highest BCUT2D eigenvalue weighted by atomic mass is 32.2. The lowest BCUT2D eigenvalue weighted by Crippen LogP contribution is -2.45. The molecule has 0 saturated heterocycles. The van der Waals surface area contributed by atoms with E-state index in [4.69, 9.17) is 5.73 Å². The van der Waals surface area contributed by atoms with Crippen LogP contribution in [0.2, 0.25) is 0 Å². The molecule has 0 radical (unpaired) electrons. The normalized spacial score (nSPS) is 28.0. The summed E-state index contributed by atoms with van der Waals surface area (Å²) in [5.41, 5.74) is 8.37. The van der Waals surface area contributed by atoms with Gasteiger partial charge in [0.15, 0.2) is 0 Å². The van der Waals surface area contributed by atoms with Gasteiger partial charge in [0.2, 0.25) is 5.91 Å². The summed E-state index contributed by atoms with van der Waals surface area (Å²) in [7, 11) is 0. The molecule has 1 fully saturated rings. The van der Waals surface area contributed by atoms with Gasteiger partial charge in [-0.05, 0) is 67.9 Å². The summed E-state index contributed by atoms with van der Waals surface area (Å²) in [6, 6.07) is 11.4. The fraction of sp³-hybridized carbons (Fsp3) is 0.391. The Kier molecular flexibility index (Phi) is 4.90. The van der Waals surface area contributed by atoms with Crippen LogP contribution in [0.5, 0.6) is 0 Å². The molecule has 2 aromatic carbocycles. The molecular weight excluding hydrogens is 404 g/mol. The molecule has 0 bridgehead atoms. The van der Waals surface area contributed by atoms with Crippen LogP contribution >= 0.6 is 11.8 Å². The number of thioether (sulfide) groups is 1. The molecule has 1 unspecified atom stereocenters. The highest BCUT2D eigenvalue weighted by Crippen LogP contribution is 2.54. The Balaban J connectivity index is 1.62. The molecule has 3 atom stereocenters. The third kappa shape index (κ3) is 3.15. The van der Waals surface area contributed by atoms with Gasteiger partial charge in [-0.2, -0.15) is 5.10 Å². The number of nitrogens with two attached hydrogens (primary N) is 1. The van der Waals surface area contributed by atoms with E-state index >= 15 is 0 Å². The highest BCUT2D eigenvalue weighted by Gasteiger charge is 2.52. The van der Waals surface area contributed by atoms with Crippen molar-refractivity contribution in [3.8, 4) is 0 Å². The number of amides is 1. The standard InChI is InChI=1S/C23H23F2N3OS/c24-16-8-10-20(25)18(13-16)21-27-28(22(29)15-7-9-17(26)12-15)23(30-21)11-3-5-14-4-1-2-6-19(14)23/h1-2,4,6,8,10,13,15,17H,3,5,7,9,11-12,26H2/t15-,17-,23?/m1/s1. The van der Waals surface area contributed by atoms with E-state index in [2.05, 4.69) is 11.2 Å². The summed E-state index contributed by atoms with van der Waals surface area (Å²) in [4.78, 5) is 12.9. The van der Waals surface area contributed by atoms with Crippen LogP contribution < -0.4 is 5.73 Å². The number of benzene rings is 2. The minimum atomic E-state index is -0.729. The van der Waals surface area contributed by atoms with Gasteiger partial charge in [0.25, 0.3) is 0 Å². The first-order valence-electron chi connectivity index (χ1n) is 10.4. The second-order valence-corrected chi connectivity index (χ2v) is 9.61. The molecule has 1 heterocycles. The molecule has 2 N–H and O–H groups in total. The van der Waals surface area contributed by atoms with Crippen LogP contribution in [0.15, 0.2) is 47.6 Å². The number of hydrogen-bond donors (Lipinski definition) is 1. The van der Waals surface area contributed by atoms with E-state index in [9.17, 15) is 13.6 Å². The van der Waals surface area contributed by atoms with Gasteiger partial charge >= 0.3 is 0 Å². The fourth-order valence-corrected chi connectivity index (χ4v) is 6.39. The van der Waals surface area contributed by atoms with Crippen molar-refractivity contribution in [2.45, 2.75) is 49.4 Å². The highest BCUT2D eigenvalue weighted by molar-refractivity contribution is 8.15. The Morgan fingerprint density at radius 3 is 2.83 bits per heavy atom. The molecule has 2 aromatic rings. The number of hydrazone groups is 1. The van der Waals surface area contributed by atoms with E-state index in [0.29, 0.717) is 17.9 Å². The van der Waals surface area contributed by atoms with E-state index < -0.39 is 16.5 Å². The van der Waals surface area contributed by atoms with Crippen LogP contribution in [-0.2, 0) is 16.1 Å². The van der Waals surface area contributed by atoms with Gasteiger partial charge < -0.3 is 5.73 Å². The zero-order valence-electron chi connectivity index (χ0n) is 16.5. The monoisotopic (exact) mass is 427 g/mol. The number of aryl methyl sites for hydroxylation is 1. The Bertz CT molecular complexity index is 1040. The molecule has 5 rings (SSSR count). The predicted octanol–water partition coefficient (Wildman–Crippen LogP) is 4.52.